The minimum absolute atomic E-state index is 0.711. The molecule has 0 bridgehead atoms. The van der Waals surface area contributed by atoms with Gasteiger partial charge in [0, 0.05) is 12.4 Å². The summed E-state index contributed by atoms with van der Waals surface area (Å²) in [5, 5.41) is 19.4. The molecule has 0 amide bonds. The Morgan fingerprint density at radius 2 is 2.09 bits per heavy atom. The fraction of sp³-hybridized carbons (Fsp3) is 0.600. The Labute approximate surface area is 62.4 Å². The van der Waals surface area contributed by atoms with Crippen molar-refractivity contribution >= 4 is 12.4 Å². The highest BCUT2D eigenvalue weighted by atomic mass is 16.6. The molecule has 0 aromatic carbocycles. The van der Waals surface area contributed by atoms with Gasteiger partial charge in [-0.3, -0.25) is 10.1 Å². The quantitative estimate of drug-likeness (QED) is 0.431. The third kappa shape index (κ3) is 1.01. The first-order valence-corrected chi connectivity index (χ1v) is 3.01. The van der Waals surface area contributed by atoms with Crippen LogP contribution in [0.2, 0.25) is 0 Å². The van der Waals surface area contributed by atoms with Crippen molar-refractivity contribution in [2.45, 2.75) is 18.8 Å². The Hall–Kier alpha value is -1.30. The summed E-state index contributed by atoms with van der Waals surface area (Å²) in [7, 11) is 0. The molecule has 1 unspecified atom stereocenters. The summed E-state index contributed by atoms with van der Waals surface area (Å²) in [4.78, 5) is 16.6. The van der Waals surface area contributed by atoms with Crippen molar-refractivity contribution in [3.8, 4) is 0 Å². The number of nitrogens with zero attached hydrogens (tertiary/aromatic N) is 3. The van der Waals surface area contributed by atoms with Crippen molar-refractivity contribution < 1.29 is 10.0 Å². The van der Waals surface area contributed by atoms with E-state index in [-0.39, 0.29) is 0 Å². The molecular formula is C5H7N3O3. The number of rotatable bonds is 2. The average Bonchev–Trinajstić information content (AvgIpc) is 2.34. The van der Waals surface area contributed by atoms with Crippen molar-refractivity contribution in [1.29, 1.82) is 0 Å². The second-order valence-electron chi connectivity index (χ2n) is 2.18. The summed E-state index contributed by atoms with van der Waals surface area (Å²) in [5.41, 5.74) is 0. The van der Waals surface area contributed by atoms with E-state index < -0.39 is 16.8 Å². The van der Waals surface area contributed by atoms with E-state index in [1.807, 2.05) is 0 Å². The van der Waals surface area contributed by atoms with Crippen molar-refractivity contribution in [3.63, 3.8) is 0 Å². The second-order valence-corrected chi connectivity index (χ2v) is 2.18. The zero-order chi connectivity index (χ0) is 8.48. The predicted molar refractivity (Wildman–Crippen MR) is 38.4 cm³/mol. The SMILES string of the molecule is CC(O)C1([N+](=O)[O-])N=CC=N1. The summed E-state index contributed by atoms with van der Waals surface area (Å²) in [6.07, 6.45) is 1.19. The minimum atomic E-state index is -1.89. The molecule has 6 nitrogen and oxygen atoms in total. The van der Waals surface area contributed by atoms with Crippen LogP contribution in [0.5, 0.6) is 0 Å². The highest BCUT2D eigenvalue weighted by Gasteiger charge is 2.48. The zero-order valence-electron chi connectivity index (χ0n) is 5.84. The molecule has 0 aromatic heterocycles. The molecule has 60 valence electrons. The maximum atomic E-state index is 10.4. The zero-order valence-corrected chi connectivity index (χ0v) is 5.84. The minimum Gasteiger partial charge on any atom is -0.382 e. The molecule has 0 spiro atoms. The molecule has 0 saturated carbocycles. The molecule has 1 rings (SSSR count). The first-order valence-electron chi connectivity index (χ1n) is 3.01. The van der Waals surface area contributed by atoms with Gasteiger partial charge in [0.2, 0.25) is 0 Å². The van der Waals surface area contributed by atoms with E-state index in [2.05, 4.69) is 9.98 Å². The van der Waals surface area contributed by atoms with E-state index in [1.54, 1.807) is 0 Å². The van der Waals surface area contributed by atoms with E-state index >= 15 is 0 Å². The first kappa shape index (κ1) is 7.80. The standard InChI is InChI=1S/C5H7N3O3/c1-4(9)5(8(10)11)6-2-3-7-5/h2-4,9H,1H3. The van der Waals surface area contributed by atoms with E-state index in [9.17, 15) is 10.1 Å². The van der Waals surface area contributed by atoms with Crippen LogP contribution >= 0.6 is 0 Å². The van der Waals surface area contributed by atoms with Gasteiger partial charge in [-0.05, 0) is 6.92 Å². The molecular weight excluding hydrogens is 150 g/mol. The van der Waals surface area contributed by atoms with Gasteiger partial charge in [0.15, 0.2) is 6.10 Å². The number of nitro groups is 1. The van der Waals surface area contributed by atoms with Crippen molar-refractivity contribution in [2.75, 3.05) is 0 Å². The van der Waals surface area contributed by atoms with E-state index in [4.69, 9.17) is 5.11 Å². The Kier molecular flexibility index (Phi) is 1.69. The molecule has 1 aliphatic heterocycles. The highest BCUT2D eigenvalue weighted by Crippen LogP contribution is 2.20. The molecule has 0 radical (unpaired) electrons. The highest BCUT2D eigenvalue weighted by molar-refractivity contribution is 6.17. The topological polar surface area (TPSA) is 88.1 Å². The van der Waals surface area contributed by atoms with Crippen molar-refractivity contribution in [3.05, 3.63) is 10.1 Å². The average molecular weight is 157 g/mol. The van der Waals surface area contributed by atoms with Crippen LogP contribution in [0.4, 0.5) is 0 Å². The lowest BCUT2D eigenvalue weighted by Gasteiger charge is -2.15. The van der Waals surface area contributed by atoms with Crippen LogP contribution in [-0.4, -0.2) is 34.3 Å². The summed E-state index contributed by atoms with van der Waals surface area (Å²) < 4.78 is 0. The maximum absolute atomic E-state index is 10.4. The Morgan fingerprint density at radius 1 is 1.64 bits per heavy atom. The van der Waals surface area contributed by atoms with Gasteiger partial charge in [-0.1, -0.05) is 0 Å². The van der Waals surface area contributed by atoms with Crippen molar-refractivity contribution in [1.82, 2.24) is 0 Å². The summed E-state index contributed by atoms with van der Waals surface area (Å²) in [6, 6.07) is 0. The lowest BCUT2D eigenvalue weighted by atomic mass is 10.2. The molecule has 1 atom stereocenters. The number of hydrogen-bond donors (Lipinski definition) is 1. The van der Waals surface area contributed by atoms with Crippen LogP contribution in [0.3, 0.4) is 0 Å². The van der Waals surface area contributed by atoms with Crippen LogP contribution < -0.4 is 0 Å². The molecule has 1 N–H and O–H groups in total. The lowest BCUT2D eigenvalue weighted by Crippen LogP contribution is -2.43. The Balaban J connectivity index is 2.99. The van der Waals surface area contributed by atoms with Gasteiger partial charge in [0.25, 0.3) is 0 Å². The monoisotopic (exact) mass is 157 g/mol. The summed E-state index contributed by atoms with van der Waals surface area (Å²) in [5.74, 6) is -1.89. The number of aliphatic hydroxyl groups excluding tert-OH is 1. The van der Waals surface area contributed by atoms with Crippen LogP contribution in [0.1, 0.15) is 6.92 Å². The second kappa shape index (κ2) is 2.39. The van der Waals surface area contributed by atoms with Crippen LogP contribution in [-0.2, 0) is 0 Å². The number of aliphatic hydroxyl groups is 1. The smallest absolute Gasteiger partial charge is 0.382 e. The van der Waals surface area contributed by atoms with Gasteiger partial charge >= 0.3 is 5.79 Å². The van der Waals surface area contributed by atoms with E-state index in [0.29, 0.717) is 0 Å². The molecule has 11 heavy (non-hydrogen) atoms. The number of aliphatic imine (C=N–C) groups is 2. The summed E-state index contributed by atoms with van der Waals surface area (Å²) >= 11 is 0. The van der Waals surface area contributed by atoms with Crippen LogP contribution in [0, 0.1) is 10.1 Å². The van der Waals surface area contributed by atoms with Crippen LogP contribution in [0.25, 0.3) is 0 Å². The Morgan fingerprint density at radius 3 is 2.27 bits per heavy atom. The molecule has 1 heterocycles. The van der Waals surface area contributed by atoms with Gasteiger partial charge in [0.05, 0.1) is 4.92 Å². The third-order valence-corrected chi connectivity index (χ3v) is 1.42. The maximum Gasteiger partial charge on any atom is 0.437 e. The lowest BCUT2D eigenvalue weighted by molar-refractivity contribution is -0.577. The normalized spacial score (nSPS) is 22.0. The molecule has 1 aliphatic rings. The van der Waals surface area contributed by atoms with Gasteiger partial charge in [-0.2, -0.15) is 9.98 Å². The molecule has 0 aromatic rings. The van der Waals surface area contributed by atoms with Gasteiger partial charge in [0.1, 0.15) is 0 Å². The number of hydrogen-bond acceptors (Lipinski definition) is 5. The van der Waals surface area contributed by atoms with Gasteiger partial charge < -0.3 is 5.11 Å². The fourth-order valence-corrected chi connectivity index (χ4v) is 0.782. The largest absolute Gasteiger partial charge is 0.437 e. The molecule has 0 aliphatic carbocycles. The summed E-state index contributed by atoms with van der Waals surface area (Å²) in [6.45, 7) is 1.28. The van der Waals surface area contributed by atoms with Gasteiger partial charge in [-0.25, -0.2) is 0 Å². The van der Waals surface area contributed by atoms with E-state index in [1.165, 1.54) is 19.4 Å². The van der Waals surface area contributed by atoms with Crippen LogP contribution in [0.15, 0.2) is 9.98 Å². The predicted octanol–water partition coefficient (Wildman–Crippen LogP) is -0.547. The van der Waals surface area contributed by atoms with E-state index in [0.717, 1.165) is 0 Å². The van der Waals surface area contributed by atoms with Gasteiger partial charge in [-0.15, -0.1) is 0 Å². The molecule has 0 saturated heterocycles. The Bertz CT molecular complexity index is 221. The van der Waals surface area contributed by atoms with Crippen molar-refractivity contribution in [2.24, 2.45) is 9.98 Å². The molecule has 6 heteroatoms. The fourth-order valence-electron chi connectivity index (χ4n) is 0.782. The molecule has 0 fully saturated rings. The third-order valence-electron chi connectivity index (χ3n) is 1.42. The first-order chi connectivity index (χ1) is 5.09.